The molecule has 7 nitrogen and oxygen atoms in total. The normalized spacial score (nSPS) is 10.4. The molecule has 3 rings (SSSR count). The van der Waals surface area contributed by atoms with Crippen molar-refractivity contribution in [3.05, 3.63) is 64.2 Å². The van der Waals surface area contributed by atoms with Crippen molar-refractivity contribution in [3.63, 3.8) is 0 Å². The molecule has 1 aromatic carbocycles. The van der Waals surface area contributed by atoms with Crippen molar-refractivity contribution in [1.82, 2.24) is 4.98 Å². The Balaban J connectivity index is 1.71. The number of hydrogen-bond donors (Lipinski definition) is 1. The fraction of sp³-hybridized carbons (Fsp3) is 0.235. The summed E-state index contributed by atoms with van der Waals surface area (Å²) in [6, 6.07) is 11.6. The Kier molecular flexibility index (Phi) is 4.84. The summed E-state index contributed by atoms with van der Waals surface area (Å²) >= 11 is 0. The summed E-state index contributed by atoms with van der Waals surface area (Å²) in [5.41, 5.74) is 12.0. The maximum atomic E-state index is 8.36. The average Bonchev–Trinajstić information content (AvgIpc) is 3.03. The van der Waals surface area contributed by atoms with Gasteiger partial charge in [-0.25, -0.2) is 4.98 Å². The molecule has 0 aliphatic carbocycles. The number of anilines is 1. The molecule has 7 heteroatoms. The van der Waals surface area contributed by atoms with E-state index in [9.17, 15) is 0 Å². The third-order valence-corrected chi connectivity index (χ3v) is 3.67. The predicted octanol–water partition coefficient (Wildman–Crippen LogP) is 4.30. The number of azide groups is 1. The van der Waals surface area contributed by atoms with Crippen molar-refractivity contribution >= 4 is 16.9 Å². The summed E-state index contributed by atoms with van der Waals surface area (Å²) in [7, 11) is 1.65. The number of ether oxygens (including phenoxy) is 1. The fourth-order valence-electron chi connectivity index (χ4n) is 2.39. The molecule has 0 saturated carbocycles. The lowest BCUT2D eigenvalue weighted by Gasteiger charge is -2.07. The molecule has 0 aliphatic heterocycles. The average molecular weight is 323 g/mol. The van der Waals surface area contributed by atoms with Crippen LogP contribution >= 0.6 is 0 Å². The van der Waals surface area contributed by atoms with Gasteiger partial charge in [-0.2, -0.15) is 0 Å². The van der Waals surface area contributed by atoms with Crippen LogP contribution in [0.4, 0.5) is 5.82 Å². The third-order valence-electron chi connectivity index (χ3n) is 3.67. The van der Waals surface area contributed by atoms with Crippen LogP contribution in [0.1, 0.15) is 11.1 Å². The SMILES string of the molecule is COc1ccc(CNc2ccc3occ(CCN=[N+]=[N-])c3n2)cc1. The van der Waals surface area contributed by atoms with Crippen molar-refractivity contribution in [3.8, 4) is 5.75 Å². The van der Waals surface area contributed by atoms with E-state index in [0.717, 1.165) is 33.8 Å². The van der Waals surface area contributed by atoms with Crippen LogP contribution in [0.25, 0.3) is 21.5 Å². The second-order valence-electron chi connectivity index (χ2n) is 5.21. The highest BCUT2D eigenvalue weighted by atomic mass is 16.5. The van der Waals surface area contributed by atoms with E-state index in [-0.39, 0.29) is 0 Å². The Hall–Kier alpha value is -3.18. The van der Waals surface area contributed by atoms with Crippen LogP contribution < -0.4 is 10.1 Å². The molecular formula is C17H17N5O2. The number of nitrogens with one attached hydrogen (secondary N) is 1. The van der Waals surface area contributed by atoms with Crippen molar-refractivity contribution in [2.45, 2.75) is 13.0 Å². The molecule has 0 spiro atoms. The molecule has 0 atom stereocenters. The first-order valence-electron chi connectivity index (χ1n) is 7.55. The molecule has 0 amide bonds. The molecule has 24 heavy (non-hydrogen) atoms. The highest BCUT2D eigenvalue weighted by Crippen LogP contribution is 2.22. The summed E-state index contributed by atoms with van der Waals surface area (Å²) in [5, 5.41) is 6.85. The van der Waals surface area contributed by atoms with Crippen LogP contribution in [-0.2, 0) is 13.0 Å². The van der Waals surface area contributed by atoms with Gasteiger partial charge in [-0.05, 0) is 41.8 Å². The highest BCUT2D eigenvalue weighted by Gasteiger charge is 2.08. The van der Waals surface area contributed by atoms with Crippen LogP contribution in [0.5, 0.6) is 5.75 Å². The Morgan fingerprint density at radius 1 is 1.25 bits per heavy atom. The first kappa shape index (κ1) is 15.7. The number of fused-ring (bicyclic) bond motifs is 1. The lowest BCUT2D eigenvalue weighted by molar-refractivity contribution is 0.414. The van der Waals surface area contributed by atoms with E-state index in [4.69, 9.17) is 14.7 Å². The minimum Gasteiger partial charge on any atom is -0.497 e. The van der Waals surface area contributed by atoms with Crippen molar-refractivity contribution in [1.29, 1.82) is 0 Å². The monoisotopic (exact) mass is 323 g/mol. The second kappa shape index (κ2) is 7.39. The van der Waals surface area contributed by atoms with E-state index in [1.165, 1.54) is 0 Å². The molecule has 2 aromatic heterocycles. The zero-order chi connectivity index (χ0) is 16.8. The van der Waals surface area contributed by atoms with Gasteiger partial charge in [0.15, 0.2) is 5.58 Å². The Morgan fingerprint density at radius 2 is 2.08 bits per heavy atom. The van der Waals surface area contributed by atoms with Gasteiger partial charge in [0.2, 0.25) is 0 Å². The van der Waals surface area contributed by atoms with Gasteiger partial charge in [0, 0.05) is 23.6 Å². The van der Waals surface area contributed by atoms with Crippen LogP contribution in [0.2, 0.25) is 0 Å². The van der Waals surface area contributed by atoms with Crippen LogP contribution in [0.15, 0.2) is 52.2 Å². The lowest BCUT2D eigenvalue weighted by Crippen LogP contribution is -2.01. The molecule has 3 aromatic rings. The van der Waals surface area contributed by atoms with E-state index >= 15 is 0 Å². The smallest absolute Gasteiger partial charge is 0.152 e. The van der Waals surface area contributed by atoms with Crippen molar-refractivity contribution in [2.24, 2.45) is 5.11 Å². The zero-order valence-corrected chi connectivity index (χ0v) is 13.3. The van der Waals surface area contributed by atoms with Gasteiger partial charge in [0.25, 0.3) is 0 Å². The summed E-state index contributed by atoms with van der Waals surface area (Å²) in [6.07, 6.45) is 2.27. The zero-order valence-electron chi connectivity index (χ0n) is 13.3. The van der Waals surface area contributed by atoms with Crippen molar-refractivity contribution in [2.75, 3.05) is 19.0 Å². The maximum absolute atomic E-state index is 8.36. The fourth-order valence-corrected chi connectivity index (χ4v) is 2.39. The molecule has 1 N–H and O–H groups in total. The Bertz CT molecular complexity index is 866. The number of benzene rings is 1. The number of furan rings is 1. The standard InChI is InChI=1S/C17H17N5O2/c1-23-14-4-2-12(3-5-14)10-19-16-7-6-15-17(21-16)13(11-24-15)8-9-20-22-18/h2-7,11H,8-10H2,1H3,(H,19,21). The van der Waals surface area contributed by atoms with Gasteiger partial charge in [-0.3, -0.25) is 0 Å². The van der Waals surface area contributed by atoms with Crippen LogP contribution in [-0.4, -0.2) is 18.6 Å². The minimum atomic E-state index is 0.385. The summed E-state index contributed by atoms with van der Waals surface area (Å²) in [6.45, 7) is 1.05. The number of methoxy groups -OCH3 is 1. The van der Waals surface area contributed by atoms with E-state index < -0.39 is 0 Å². The van der Waals surface area contributed by atoms with Crippen LogP contribution in [0, 0.1) is 0 Å². The first-order chi connectivity index (χ1) is 11.8. The maximum Gasteiger partial charge on any atom is 0.152 e. The molecule has 0 saturated heterocycles. The number of hydrogen-bond acceptors (Lipinski definition) is 5. The van der Waals surface area contributed by atoms with Gasteiger partial charge in [-0.15, -0.1) is 0 Å². The van der Waals surface area contributed by atoms with E-state index in [2.05, 4.69) is 20.3 Å². The topological polar surface area (TPSA) is 96.0 Å². The quantitative estimate of drug-likeness (QED) is 0.398. The number of pyridine rings is 1. The summed E-state index contributed by atoms with van der Waals surface area (Å²) in [5.74, 6) is 1.60. The molecule has 0 aliphatic rings. The molecule has 0 fully saturated rings. The first-order valence-corrected chi connectivity index (χ1v) is 7.55. The van der Waals surface area contributed by atoms with Gasteiger partial charge in [0.1, 0.15) is 17.1 Å². The van der Waals surface area contributed by atoms with Gasteiger partial charge in [0.05, 0.1) is 13.4 Å². The largest absolute Gasteiger partial charge is 0.497 e. The number of rotatable bonds is 7. The predicted molar refractivity (Wildman–Crippen MR) is 92.0 cm³/mol. The van der Waals surface area contributed by atoms with E-state index in [1.807, 2.05) is 36.4 Å². The van der Waals surface area contributed by atoms with Crippen LogP contribution in [0.3, 0.4) is 0 Å². The third kappa shape index (κ3) is 3.59. The highest BCUT2D eigenvalue weighted by molar-refractivity contribution is 5.78. The molecule has 0 unspecified atom stereocenters. The van der Waals surface area contributed by atoms with Crippen molar-refractivity contribution < 1.29 is 9.15 Å². The number of nitrogens with zero attached hydrogens (tertiary/aromatic N) is 4. The minimum absolute atomic E-state index is 0.385. The van der Waals surface area contributed by atoms with E-state index in [0.29, 0.717) is 19.5 Å². The summed E-state index contributed by atoms with van der Waals surface area (Å²) < 4.78 is 10.6. The van der Waals surface area contributed by atoms with Gasteiger partial charge in [-0.1, -0.05) is 17.2 Å². The lowest BCUT2D eigenvalue weighted by atomic mass is 10.2. The molecule has 2 heterocycles. The summed E-state index contributed by atoms with van der Waals surface area (Å²) in [4.78, 5) is 7.36. The Morgan fingerprint density at radius 3 is 2.83 bits per heavy atom. The van der Waals surface area contributed by atoms with Gasteiger partial charge >= 0.3 is 0 Å². The molecule has 0 bridgehead atoms. The molecule has 0 radical (unpaired) electrons. The molecular weight excluding hydrogens is 306 g/mol. The van der Waals surface area contributed by atoms with Gasteiger partial charge < -0.3 is 14.5 Å². The number of aromatic nitrogens is 1. The Labute approximate surface area is 138 Å². The molecule has 122 valence electrons. The van der Waals surface area contributed by atoms with E-state index in [1.54, 1.807) is 13.4 Å². The second-order valence-corrected chi connectivity index (χ2v) is 5.21.